The van der Waals surface area contributed by atoms with Crippen LogP contribution in [0.5, 0.6) is 11.5 Å². The van der Waals surface area contributed by atoms with Crippen LogP contribution in [0.25, 0.3) is 6.08 Å². The maximum Gasteiger partial charge on any atom is 0.216 e. The highest BCUT2D eigenvalue weighted by atomic mass is 16.8. The van der Waals surface area contributed by atoms with Gasteiger partial charge in [-0.15, -0.1) is 0 Å². The van der Waals surface area contributed by atoms with Gasteiger partial charge in [-0.1, -0.05) is 55.7 Å². The number of nitrogens with zero attached hydrogens (tertiary/aromatic N) is 2. The van der Waals surface area contributed by atoms with Crippen molar-refractivity contribution in [2.75, 3.05) is 17.2 Å². The Morgan fingerprint density at radius 2 is 1.74 bits per heavy atom. The normalized spacial score (nSPS) is 21.8. The average Bonchev–Trinajstić information content (AvgIpc) is 3.09. The lowest BCUT2D eigenvalue weighted by atomic mass is 9.64. The van der Waals surface area contributed by atoms with Gasteiger partial charge in [0.25, 0.3) is 0 Å². The maximum atomic E-state index is 11.6. The van der Waals surface area contributed by atoms with Crippen LogP contribution in [-0.4, -0.2) is 18.0 Å². The molecule has 3 aromatic carbocycles. The number of para-hydroxylation sites is 2. The number of benzene rings is 3. The Balaban J connectivity index is 1.62. The molecule has 1 atom stereocenters. The van der Waals surface area contributed by atoms with Crippen LogP contribution in [0.15, 0.2) is 72.8 Å². The predicted octanol–water partition coefficient (Wildman–Crippen LogP) is 6.54. The molecule has 1 N–H and O–H groups in total. The molecule has 0 radical (unpaired) electrons. The summed E-state index contributed by atoms with van der Waals surface area (Å²) in [4.78, 5) is 2.33. The van der Waals surface area contributed by atoms with Crippen molar-refractivity contribution in [2.45, 2.75) is 43.2 Å². The first-order chi connectivity index (χ1) is 16.6. The summed E-state index contributed by atoms with van der Waals surface area (Å²) in [5, 5.41) is 21.0. The molecule has 2 spiro atoms. The number of anilines is 3. The Labute approximate surface area is 199 Å². The first kappa shape index (κ1) is 21.1. The number of ether oxygens (including phenoxy) is 2. The van der Waals surface area contributed by atoms with Crippen molar-refractivity contribution in [1.29, 1.82) is 0 Å². The van der Waals surface area contributed by atoms with Crippen LogP contribution < -0.4 is 19.6 Å². The molecule has 0 aromatic heterocycles. The smallest absolute Gasteiger partial charge is 0.216 e. The summed E-state index contributed by atoms with van der Waals surface area (Å²) in [6.45, 7) is 0. The third kappa shape index (κ3) is 2.82. The van der Waals surface area contributed by atoms with Gasteiger partial charge in [0.15, 0.2) is 11.5 Å². The van der Waals surface area contributed by atoms with Gasteiger partial charge in [-0.3, -0.25) is 10.1 Å². The van der Waals surface area contributed by atoms with E-state index in [-0.39, 0.29) is 16.3 Å². The zero-order chi connectivity index (χ0) is 23.3. The first-order valence-corrected chi connectivity index (χ1v) is 11.8. The summed E-state index contributed by atoms with van der Waals surface area (Å²) in [5.41, 5.74) is 3.28. The highest BCUT2D eigenvalue weighted by molar-refractivity contribution is 5.81. The average molecular weight is 456 g/mol. The van der Waals surface area contributed by atoms with Gasteiger partial charge >= 0.3 is 0 Å². The maximum absolute atomic E-state index is 11.6. The van der Waals surface area contributed by atoms with E-state index in [1.807, 2.05) is 12.1 Å². The lowest BCUT2D eigenvalue weighted by molar-refractivity contribution is 0.0205. The Morgan fingerprint density at radius 1 is 1.00 bits per heavy atom. The van der Waals surface area contributed by atoms with Crippen molar-refractivity contribution in [2.24, 2.45) is 0 Å². The molecular weight excluding hydrogens is 428 g/mol. The predicted molar refractivity (Wildman–Crippen MR) is 133 cm³/mol. The minimum absolute atomic E-state index is 0.0989. The van der Waals surface area contributed by atoms with Crippen molar-refractivity contribution in [3.63, 3.8) is 0 Å². The molecule has 0 amide bonds. The van der Waals surface area contributed by atoms with Gasteiger partial charge in [-0.05, 0) is 54.8 Å². The van der Waals surface area contributed by atoms with Crippen LogP contribution in [0.4, 0.5) is 17.1 Å². The zero-order valence-electron chi connectivity index (χ0n) is 19.1. The topological polar surface area (TPSA) is 68.2 Å². The monoisotopic (exact) mass is 455 g/mol. The zero-order valence-corrected chi connectivity index (χ0v) is 19.1. The molecule has 34 heavy (non-hydrogen) atoms. The molecule has 6 nitrogen and oxygen atoms in total. The molecule has 1 saturated carbocycles. The third-order valence-electron chi connectivity index (χ3n) is 7.66. The van der Waals surface area contributed by atoms with E-state index in [2.05, 4.69) is 59.5 Å². The van der Waals surface area contributed by atoms with E-state index in [9.17, 15) is 10.4 Å². The summed E-state index contributed by atoms with van der Waals surface area (Å²) in [5.74, 6) is 0.996. The minimum atomic E-state index is -0.795. The van der Waals surface area contributed by atoms with E-state index in [4.69, 9.17) is 9.47 Å². The number of methoxy groups -OCH3 is 1. The second kappa shape index (κ2) is 7.79. The minimum Gasteiger partial charge on any atom is -0.733 e. The molecule has 6 rings (SSSR count). The molecule has 6 heteroatoms. The molecule has 3 aliphatic rings. The molecular formula is C28H27N2O4-. The van der Waals surface area contributed by atoms with Crippen molar-refractivity contribution in [1.82, 2.24) is 0 Å². The summed E-state index contributed by atoms with van der Waals surface area (Å²) >= 11 is 0. The molecule has 0 bridgehead atoms. The van der Waals surface area contributed by atoms with E-state index in [0.717, 1.165) is 37.1 Å². The number of hydrogen-bond donors (Lipinski definition) is 1. The van der Waals surface area contributed by atoms with Crippen LogP contribution in [0.2, 0.25) is 0 Å². The van der Waals surface area contributed by atoms with Gasteiger partial charge in [0.05, 0.1) is 18.2 Å². The Kier molecular flexibility index (Phi) is 4.83. The van der Waals surface area contributed by atoms with Crippen LogP contribution in [0.1, 0.15) is 43.2 Å². The fourth-order valence-corrected chi connectivity index (χ4v) is 6.22. The van der Waals surface area contributed by atoms with Gasteiger partial charge in [0, 0.05) is 23.0 Å². The second-order valence-corrected chi connectivity index (χ2v) is 9.30. The SMILES string of the molecule is COc1cc(N([O-])O)cc2c1OC1(C=C2)N(c2ccccc2)c2ccccc2C12CCCCC2. The van der Waals surface area contributed by atoms with Gasteiger partial charge in [0.1, 0.15) is 0 Å². The fraction of sp³-hybridized carbons (Fsp3) is 0.286. The highest BCUT2D eigenvalue weighted by Crippen LogP contribution is 2.63. The third-order valence-corrected chi connectivity index (χ3v) is 7.66. The summed E-state index contributed by atoms with van der Waals surface area (Å²) < 4.78 is 12.7. The molecule has 1 fully saturated rings. The largest absolute Gasteiger partial charge is 0.733 e. The highest BCUT2D eigenvalue weighted by Gasteiger charge is 2.64. The van der Waals surface area contributed by atoms with E-state index < -0.39 is 5.72 Å². The van der Waals surface area contributed by atoms with Gasteiger partial charge < -0.3 is 19.9 Å². The Hall–Kier alpha value is -3.48. The summed E-state index contributed by atoms with van der Waals surface area (Å²) in [7, 11) is 1.55. The van der Waals surface area contributed by atoms with Crippen LogP contribution in [0.3, 0.4) is 0 Å². The van der Waals surface area contributed by atoms with Crippen molar-refractivity contribution in [3.05, 3.63) is 89.1 Å². The molecule has 0 saturated heterocycles. The first-order valence-electron chi connectivity index (χ1n) is 11.8. The molecule has 3 aromatic rings. The molecule has 1 unspecified atom stereocenters. The number of fused-ring (bicyclic) bond motifs is 4. The summed E-state index contributed by atoms with van der Waals surface area (Å²) in [6, 6.07) is 22.1. The number of hydrogen-bond acceptors (Lipinski definition) is 6. The molecule has 1 aliphatic carbocycles. The fourth-order valence-electron chi connectivity index (χ4n) is 6.22. The molecule has 2 aliphatic heterocycles. The number of rotatable bonds is 3. The molecule has 174 valence electrons. The van der Waals surface area contributed by atoms with Crippen LogP contribution in [0, 0.1) is 5.21 Å². The quantitative estimate of drug-likeness (QED) is 0.452. The van der Waals surface area contributed by atoms with Crippen molar-refractivity contribution < 1.29 is 14.7 Å². The van der Waals surface area contributed by atoms with Gasteiger partial charge in [-0.25, -0.2) is 0 Å². The van der Waals surface area contributed by atoms with Crippen molar-refractivity contribution in [3.8, 4) is 11.5 Å². The lowest BCUT2D eigenvalue weighted by Crippen LogP contribution is -2.60. The van der Waals surface area contributed by atoms with E-state index in [1.165, 1.54) is 18.1 Å². The van der Waals surface area contributed by atoms with Crippen LogP contribution in [-0.2, 0) is 5.41 Å². The van der Waals surface area contributed by atoms with E-state index in [1.54, 1.807) is 13.2 Å². The molecule has 2 heterocycles. The van der Waals surface area contributed by atoms with Gasteiger partial charge in [-0.2, -0.15) is 0 Å². The van der Waals surface area contributed by atoms with Crippen molar-refractivity contribution >= 4 is 23.1 Å². The Morgan fingerprint density at radius 3 is 2.47 bits per heavy atom. The van der Waals surface area contributed by atoms with E-state index in [0.29, 0.717) is 17.1 Å². The van der Waals surface area contributed by atoms with Crippen LogP contribution >= 0.6 is 0 Å². The second-order valence-electron chi connectivity index (χ2n) is 9.30. The van der Waals surface area contributed by atoms with E-state index >= 15 is 0 Å². The van der Waals surface area contributed by atoms with Gasteiger partial charge in [0.2, 0.25) is 5.72 Å². The summed E-state index contributed by atoms with van der Waals surface area (Å²) in [6.07, 6.45) is 9.66. The Bertz CT molecular complexity index is 1250. The lowest BCUT2D eigenvalue weighted by Gasteiger charge is -2.51. The standard InChI is InChI=1S/C28H27N2O4/c1-33-25-19-22(30(31)32)18-20-14-17-28(34-26(20)25)27(15-8-3-9-16-27)23-12-6-7-13-24(23)29(28)21-10-4-2-5-11-21/h2,4-7,10-14,17-19,31H,3,8-9,15-16H2,1H3/q-1.